The van der Waals surface area contributed by atoms with Crippen LogP contribution in [0.1, 0.15) is 10.4 Å². The van der Waals surface area contributed by atoms with Crippen LogP contribution in [0, 0.1) is 0 Å². The molecule has 2 aromatic rings. The smallest absolute Gasteiger partial charge is 0.361 e. The molecule has 3 heterocycles. The maximum Gasteiger partial charge on any atom is 0.368 e. The van der Waals surface area contributed by atoms with Gasteiger partial charge < -0.3 is 9.74 Å². The van der Waals surface area contributed by atoms with Gasteiger partial charge in [-0.05, 0) is 18.2 Å². The number of nitrogens with zero attached hydrogens (tertiary/aromatic N) is 3. The summed E-state index contributed by atoms with van der Waals surface area (Å²) < 4.78 is 24.8. The highest BCUT2D eigenvalue weighted by Gasteiger charge is 2.27. The Labute approximate surface area is 167 Å². The van der Waals surface area contributed by atoms with E-state index in [1.54, 1.807) is 17.4 Å². The molecule has 7 nitrogen and oxygen atoms in total. The minimum absolute atomic E-state index is 0.432. The summed E-state index contributed by atoms with van der Waals surface area (Å²) in [5, 5.41) is 4.97. The second-order valence-electron chi connectivity index (χ2n) is 6.57. The molecule has 0 amide bonds. The van der Waals surface area contributed by atoms with E-state index >= 15 is 0 Å². The molecule has 28 heavy (non-hydrogen) atoms. The van der Waals surface area contributed by atoms with Crippen LogP contribution in [0.5, 0.6) is 0 Å². The number of carbonyl (C=O) groups excluding carboxylic acids is 1. The van der Waals surface area contributed by atoms with Gasteiger partial charge in [-0.1, -0.05) is 35.5 Å². The van der Waals surface area contributed by atoms with E-state index in [4.69, 9.17) is 4.84 Å². The van der Waals surface area contributed by atoms with E-state index < -0.39 is 16.0 Å². The van der Waals surface area contributed by atoms with Crippen molar-refractivity contribution in [3.05, 3.63) is 58.5 Å². The SMILES string of the molecule is CS(=O)(=O)N1CCN(c2ccc(/C=C3\C(=O)ON=C3c3ccccc3)s2)CC1. The minimum Gasteiger partial charge on any atom is -0.361 e. The Morgan fingerprint density at radius 2 is 1.79 bits per heavy atom. The molecule has 2 aliphatic heterocycles. The molecule has 0 N–H and O–H groups in total. The molecule has 1 aromatic heterocycles. The van der Waals surface area contributed by atoms with Crippen LogP contribution in [0.4, 0.5) is 5.00 Å². The predicted molar refractivity (Wildman–Crippen MR) is 110 cm³/mol. The molecule has 0 spiro atoms. The minimum atomic E-state index is -3.14. The van der Waals surface area contributed by atoms with Gasteiger partial charge >= 0.3 is 5.97 Å². The fourth-order valence-corrected chi connectivity index (χ4v) is 5.01. The summed E-state index contributed by atoms with van der Waals surface area (Å²) in [7, 11) is -3.14. The summed E-state index contributed by atoms with van der Waals surface area (Å²) in [4.78, 5) is 20.1. The van der Waals surface area contributed by atoms with E-state index in [1.165, 1.54) is 10.6 Å². The second-order valence-corrected chi connectivity index (χ2v) is 9.64. The van der Waals surface area contributed by atoms with E-state index in [0.29, 0.717) is 37.5 Å². The van der Waals surface area contributed by atoms with Crippen molar-refractivity contribution in [1.29, 1.82) is 0 Å². The van der Waals surface area contributed by atoms with Crippen LogP contribution in [0.15, 0.2) is 53.2 Å². The fourth-order valence-electron chi connectivity index (χ4n) is 3.19. The number of sulfonamides is 1. The predicted octanol–water partition coefficient (Wildman–Crippen LogP) is 2.17. The zero-order valence-electron chi connectivity index (χ0n) is 15.2. The van der Waals surface area contributed by atoms with Crippen molar-refractivity contribution in [3.8, 4) is 0 Å². The Morgan fingerprint density at radius 1 is 1.07 bits per heavy atom. The Balaban J connectivity index is 1.52. The monoisotopic (exact) mass is 417 g/mol. The molecule has 1 aromatic carbocycles. The van der Waals surface area contributed by atoms with Crippen LogP contribution in [0.3, 0.4) is 0 Å². The highest BCUT2D eigenvalue weighted by atomic mass is 32.2. The van der Waals surface area contributed by atoms with Crippen molar-refractivity contribution in [2.24, 2.45) is 5.16 Å². The topological polar surface area (TPSA) is 79.3 Å². The molecule has 0 aliphatic carbocycles. The van der Waals surface area contributed by atoms with E-state index in [1.807, 2.05) is 42.5 Å². The summed E-state index contributed by atoms with van der Waals surface area (Å²) in [5.74, 6) is -0.462. The number of anilines is 1. The van der Waals surface area contributed by atoms with E-state index in [-0.39, 0.29) is 0 Å². The number of thiophene rings is 1. The quantitative estimate of drug-likeness (QED) is 0.563. The van der Waals surface area contributed by atoms with Gasteiger partial charge in [-0.25, -0.2) is 13.2 Å². The first-order valence-electron chi connectivity index (χ1n) is 8.78. The van der Waals surface area contributed by atoms with E-state index in [2.05, 4.69) is 10.1 Å². The lowest BCUT2D eigenvalue weighted by Gasteiger charge is -2.33. The van der Waals surface area contributed by atoms with Gasteiger partial charge in [0.25, 0.3) is 0 Å². The summed E-state index contributed by atoms with van der Waals surface area (Å²) >= 11 is 1.55. The Kier molecular flexibility index (Phi) is 5.05. The largest absolute Gasteiger partial charge is 0.368 e. The van der Waals surface area contributed by atoms with Gasteiger partial charge in [-0.2, -0.15) is 4.31 Å². The average Bonchev–Trinajstić information content (AvgIpc) is 3.30. The number of rotatable bonds is 4. The van der Waals surface area contributed by atoms with Crippen molar-refractivity contribution in [3.63, 3.8) is 0 Å². The number of benzene rings is 1. The molecule has 0 atom stereocenters. The van der Waals surface area contributed by atoms with Gasteiger partial charge in [0.2, 0.25) is 10.0 Å². The first-order chi connectivity index (χ1) is 13.4. The van der Waals surface area contributed by atoms with Crippen LogP contribution < -0.4 is 4.90 Å². The fraction of sp³-hybridized carbons (Fsp3) is 0.263. The third-order valence-corrected chi connectivity index (χ3v) is 7.06. The van der Waals surface area contributed by atoms with E-state index in [9.17, 15) is 13.2 Å². The van der Waals surface area contributed by atoms with Crippen LogP contribution in [0.25, 0.3) is 6.08 Å². The number of oxime groups is 1. The molecule has 146 valence electrons. The van der Waals surface area contributed by atoms with Gasteiger partial charge in [0.15, 0.2) is 0 Å². The van der Waals surface area contributed by atoms with Gasteiger partial charge in [0, 0.05) is 36.6 Å². The van der Waals surface area contributed by atoms with Crippen LogP contribution in [-0.4, -0.2) is 56.8 Å². The van der Waals surface area contributed by atoms with E-state index in [0.717, 1.165) is 15.4 Å². The summed E-state index contributed by atoms with van der Waals surface area (Å²) in [6, 6.07) is 13.4. The third kappa shape index (κ3) is 3.87. The summed E-state index contributed by atoms with van der Waals surface area (Å²) in [5.41, 5.74) is 1.79. The number of hydrogen-bond donors (Lipinski definition) is 0. The number of carbonyl (C=O) groups is 1. The van der Waals surface area contributed by atoms with Crippen molar-refractivity contribution < 1.29 is 18.0 Å². The molecule has 4 rings (SSSR count). The average molecular weight is 418 g/mol. The maximum atomic E-state index is 12.1. The van der Waals surface area contributed by atoms with Crippen molar-refractivity contribution in [2.45, 2.75) is 0 Å². The van der Waals surface area contributed by atoms with Crippen LogP contribution in [-0.2, 0) is 19.7 Å². The van der Waals surface area contributed by atoms with Gasteiger partial charge in [0.05, 0.1) is 16.8 Å². The summed E-state index contributed by atoms with van der Waals surface area (Å²) in [6.45, 7) is 2.24. The molecular weight excluding hydrogens is 398 g/mol. The van der Waals surface area contributed by atoms with Gasteiger partial charge in [0.1, 0.15) is 5.71 Å². The molecule has 0 bridgehead atoms. The number of piperazine rings is 1. The lowest BCUT2D eigenvalue weighted by Crippen LogP contribution is -2.48. The lowest BCUT2D eigenvalue weighted by atomic mass is 10.0. The Morgan fingerprint density at radius 3 is 2.46 bits per heavy atom. The van der Waals surface area contributed by atoms with Crippen LogP contribution >= 0.6 is 11.3 Å². The molecule has 9 heteroatoms. The second kappa shape index (κ2) is 7.50. The number of hydrogen-bond acceptors (Lipinski definition) is 7. The normalized spacial score (nSPS) is 19.8. The zero-order chi connectivity index (χ0) is 19.7. The highest BCUT2D eigenvalue weighted by molar-refractivity contribution is 7.88. The maximum absolute atomic E-state index is 12.1. The lowest BCUT2D eigenvalue weighted by molar-refractivity contribution is -0.136. The summed E-state index contributed by atoms with van der Waals surface area (Å²) in [6.07, 6.45) is 3.03. The van der Waals surface area contributed by atoms with Gasteiger partial charge in [-0.3, -0.25) is 0 Å². The van der Waals surface area contributed by atoms with Crippen molar-refractivity contribution in [1.82, 2.24) is 4.31 Å². The third-order valence-electron chi connectivity index (χ3n) is 4.66. The molecule has 1 saturated heterocycles. The molecule has 0 saturated carbocycles. The Bertz CT molecular complexity index is 1050. The molecular formula is C19H19N3O4S2. The zero-order valence-corrected chi connectivity index (χ0v) is 16.9. The van der Waals surface area contributed by atoms with Gasteiger partial charge in [-0.15, -0.1) is 11.3 Å². The van der Waals surface area contributed by atoms with Crippen molar-refractivity contribution in [2.75, 3.05) is 37.3 Å². The standard InChI is InChI=1S/C19H19N3O4S2/c1-28(24,25)22-11-9-21(10-12-22)17-8-7-15(27-17)13-16-18(20-26-19(16)23)14-5-3-2-4-6-14/h2-8,13H,9-12H2,1H3/b16-13-. The molecule has 0 radical (unpaired) electrons. The molecule has 2 aliphatic rings. The highest BCUT2D eigenvalue weighted by Crippen LogP contribution is 2.30. The molecule has 0 unspecified atom stereocenters. The molecule has 1 fully saturated rings. The first-order valence-corrected chi connectivity index (χ1v) is 11.4. The first kappa shape index (κ1) is 18.9. The van der Waals surface area contributed by atoms with Crippen molar-refractivity contribution >= 4 is 44.1 Å². The Hall–Kier alpha value is -2.49. The van der Waals surface area contributed by atoms with Crippen LogP contribution in [0.2, 0.25) is 0 Å².